The molecule has 4 aromatic rings. The largest absolute Gasteiger partial charge is 0.484 e. The van der Waals surface area contributed by atoms with Gasteiger partial charge in [-0.2, -0.15) is 4.98 Å². The summed E-state index contributed by atoms with van der Waals surface area (Å²) in [5.74, 6) is 1.63. The van der Waals surface area contributed by atoms with Crippen molar-refractivity contribution >= 4 is 22.6 Å². The average Bonchev–Trinajstić information content (AvgIpc) is 3.27. The van der Waals surface area contributed by atoms with Gasteiger partial charge < -0.3 is 13.8 Å². The van der Waals surface area contributed by atoms with Crippen LogP contribution >= 0.6 is 11.6 Å². The Bertz CT molecular complexity index is 1040. The number of halogens is 1. The zero-order valence-electron chi connectivity index (χ0n) is 14.4. The van der Waals surface area contributed by atoms with E-state index in [1.807, 2.05) is 24.5 Å². The molecule has 2 aromatic carbocycles. The van der Waals surface area contributed by atoms with Gasteiger partial charge in [0.05, 0.1) is 17.4 Å². The Morgan fingerprint density at radius 1 is 1.15 bits per heavy atom. The lowest BCUT2D eigenvalue weighted by atomic mass is 10.2. The molecule has 0 amide bonds. The highest BCUT2D eigenvalue weighted by Crippen LogP contribution is 2.24. The van der Waals surface area contributed by atoms with E-state index in [1.165, 1.54) is 0 Å². The van der Waals surface area contributed by atoms with Crippen molar-refractivity contribution in [3.05, 3.63) is 59.7 Å². The minimum Gasteiger partial charge on any atom is -0.484 e. The fourth-order valence-corrected chi connectivity index (χ4v) is 2.81. The van der Waals surface area contributed by atoms with Crippen molar-refractivity contribution in [1.29, 1.82) is 0 Å². The first-order valence-electron chi connectivity index (χ1n) is 8.28. The van der Waals surface area contributed by atoms with Gasteiger partial charge in [-0.05, 0) is 56.3 Å². The fourth-order valence-electron chi connectivity index (χ4n) is 2.68. The third-order valence-corrected chi connectivity index (χ3v) is 4.29. The minimum absolute atomic E-state index is 0.195. The van der Waals surface area contributed by atoms with Crippen LogP contribution in [0.5, 0.6) is 5.75 Å². The maximum atomic E-state index is 5.86. The van der Waals surface area contributed by atoms with Gasteiger partial charge in [0, 0.05) is 16.6 Å². The first-order valence-corrected chi connectivity index (χ1v) is 8.66. The molecule has 7 heteroatoms. The lowest BCUT2D eigenvalue weighted by Crippen LogP contribution is -1.98. The molecule has 4 rings (SSSR count). The van der Waals surface area contributed by atoms with Crippen molar-refractivity contribution in [2.75, 3.05) is 0 Å². The summed E-state index contributed by atoms with van der Waals surface area (Å²) in [5.41, 5.74) is 2.86. The van der Waals surface area contributed by atoms with Gasteiger partial charge in [0.1, 0.15) is 5.75 Å². The first kappa shape index (κ1) is 16.6. The minimum atomic E-state index is 0.195. The van der Waals surface area contributed by atoms with Gasteiger partial charge in [-0.1, -0.05) is 16.8 Å². The van der Waals surface area contributed by atoms with E-state index >= 15 is 0 Å². The molecular weight excluding hydrogens is 352 g/mol. The molecule has 0 radical (unpaired) electrons. The molecular formula is C19H17ClN4O2. The Hall–Kier alpha value is -2.86. The van der Waals surface area contributed by atoms with Gasteiger partial charge in [0.15, 0.2) is 6.61 Å². The van der Waals surface area contributed by atoms with Crippen LogP contribution in [0.25, 0.3) is 22.4 Å². The lowest BCUT2D eigenvalue weighted by molar-refractivity contribution is 0.243. The number of fused-ring (bicyclic) bond motifs is 1. The molecule has 0 aliphatic rings. The molecule has 2 aromatic heterocycles. The second kappa shape index (κ2) is 6.80. The van der Waals surface area contributed by atoms with E-state index < -0.39 is 0 Å². The zero-order chi connectivity index (χ0) is 18.1. The van der Waals surface area contributed by atoms with Crippen LogP contribution in [0.15, 0.2) is 53.3 Å². The maximum absolute atomic E-state index is 5.86. The summed E-state index contributed by atoms with van der Waals surface area (Å²) in [4.78, 5) is 8.84. The van der Waals surface area contributed by atoms with Crippen molar-refractivity contribution in [1.82, 2.24) is 19.7 Å². The molecule has 0 bridgehead atoms. The predicted octanol–water partition coefficient (Wildman–Crippen LogP) is 4.90. The molecule has 0 saturated heterocycles. The number of hydrogen-bond donors (Lipinski definition) is 0. The number of aromatic nitrogens is 4. The predicted molar refractivity (Wildman–Crippen MR) is 99.2 cm³/mol. The van der Waals surface area contributed by atoms with E-state index in [4.69, 9.17) is 20.9 Å². The summed E-state index contributed by atoms with van der Waals surface area (Å²) in [6.07, 6.45) is 1.85. The van der Waals surface area contributed by atoms with E-state index in [0.29, 0.717) is 28.5 Å². The summed E-state index contributed by atoms with van der Waals surface area (Å²) in [6, 6.07) is 13.4. The molecule has 0 spiro atoms. The monoisotopic (exact) mass is 368 g/mol. The Labute approximate surface area is 155 Å². The third kappa shape index (κ3) is 3.28. The molecule has 132 valence electrons. The van der Waals surface area contributed by atoms with E-state index in [-0.39, 0.29) is 6.61 Å². The van der Waals surface area contributed by atoms with Gasteiger partial charge in [-0.25, -0.2) is 4.98 Å². The molecule has 0 atom stereocenters. The molecule has 2 heterocycles. The summed E-state index contributed by atoms with van der Waals surface area (Å²) in [6.45, 7) is 4.43. The number of rotatable bonds is 5. The highest BCUT2D eigenvalue weighted by atomic mass is 35.5. The molecule has 0 aliphatic heterocycles. The van der Waals surface area contributed by atoms with E-state index in [2.05, 4.69) is 33.5 Å². The SMILES string of the molecule is CC(C)n1cnc2ccc(-c3noc(COc4ccc(Cl)cc4)n3)cc21. The van der Waals surface area contributed by atoms with Crippen LogP contribution in [0, 0.1) is 0 Å². The van der Waals surface area contributed by atoms with Crippen LogP contribution in [0.1, 0.15) is 25.8 Å². The van der Waals surface area contributed by atoms with Gasteiger partial charge in [0.2, 0.25) is 5.82 Å². The summed E-state index contributed by atoms with van der Waals surface area (Å²) >= 11 is 5.86. The van der Waals surface area contributed by atoms with Crippen molar-refractivity contribution in [2.24, 2.45) is 0 Å². The third-order valence-electron chi connectivity index (χ3n) is 4.03. The normalized spacial score (nSPS) is 11.4. The molecule has 26 heavy (non-hydrogen) atoms. The van der Waals surface area contributed by atoms with Crippen molar-refractivity contribution in [3.63, 3.8) is 0 Å². The maximum Gasteiger partial charge on any atom is 0.264 e. The van der Waals surface area contributed by atoms with Gasteiger partial charge in [-0.3, -0.25) is 0 Å². The second-order valence-electron chi connectivity index (χ2n) is 6.20. The number of benzene rings is 2. The fraction of sp³-hybridized carbons (Fsp3) is 0.211. The van der Waals surface area contributed by atoms with Crippen LogP contribution in [0.3, 0.4) is 0 Å². The summed E-state index contributed by atoms with van der Waals surface area (Å²) in [7, 11) is 0. The standard InChI is InChI=1S/C19H17ClN4O2/c1-12(2)24-11-21-16-8-3-13(9-17(16)24)19-22-18(26-23-19)10-25-15-6-4-14(20)5-7-15/h3-9,11-12H,10H2,1-2H3. The molecule has 0 aliphatic carbocycles. The topological polar surface area (TPSA) is 66.0 Å². The van der Waals surface area contributed by atoms with Crippen LogP contribution in [0.2, 0.25) is 5.02 Å². The van der Waals surface area contributed by atoms with Gasteiger partial charge >= 0.3 is 0 Å². The quantitative estimate of drug-likeness (QED) is 0.501. The second-order valence-corrected chi connectivity index (χ2v) is 6.64. The van der Waals surface area contributed by atoms with Crippen molar-refractivity contribution < 1.29 is 9.26 Å². The lowest BCUT2D eigenvalue weighted by Gasteiger charge is -2.07. The number of hydrogen-bond acceptors (Lipinski definition) is 5. The Morgan fingerprint density at radius 2 is 1.96 bits per heavy atom. The Morgan fingerprint density at radius 3 is 2.73 bits per heavy atom. The van der Waals surface area contributed by atoms with E-state index in [0.717, 1.165) is 16.6 Å². The van der Waals surface area contributed by atoms with Gasteiger partial charge in [-0.15, -0.1) is 0 Å². The summed E-state index contributed by atoms with van der Waals surface area (Å²) in [5, 5.41) is 4.72. The van der Waals surface area contributed by atoms with Crippen molar-refractivity contribution in [3.8, 4) is 17.1 Å². The Kier molecular flexibility index (Phi) is 4.34. The van der Waals surface area contributed by atoms with E-state index in [1.54, 1.807) is 24.3 Å². The molecule has 0 N–H and O–H groups in total. The summed E-state index contributed by atoms with van der Waals surface area (Å²) < 4.78 is 13.1. The van der Waals surface area contributed by atoms with Gasteiger partial charge in [0.25, 0.3) is 5.89 Å². The molecule has 0 unspecified atom stereocenters. The van der Waals surface area contributed by atoms with E-state index in [9.17, 15) is 0 Å². The van der Waals surface area contributed by atoms with Crippen LogP contribution in [0.4, 0.5) is 0 Å². The number of nitrogens with zero attached hydrogens (tertiary/aromatic N) is 4. The average molecular weight is 369 g/mol. The Balaban J connectivity index is 1.54. The zero-order valence-corrected chi connectivity index (χ0v) is 15.1. The van der Waals surface area contributed by atoms with Crippen LogP contribution < -0.4 is 4.74 Å². The smallest absolute Gasteiger partial charge is 0.264 e. The van der Waals surface area contributed by atoms with Crippen LogP contribution in [-0.2, 0) is 6.61 Å². The molecule has 0 fully saturated rings. The molecule has 0 saturated carbocycles. The highest BCUT2D eigenvalue weighted by molar-refractivity contribution is 6.30. The highest BCUT2D eigenvalue weighted by Gasteiger charge is 2.12. The van der Waals surface area contributed by atoms with Crippen molar-refractivity contribution in [2.45, 2.75) is 26.5 Å². The van der Waals surface area contributed by atoms with Crippen LogP contribution in [-0.4, -0.2) is 19.7 Å². The number of ether oxygens (including phenoxy) is 1. The first-order chi connectivity index (χ1) is 12.6. The molecule has 6 nitrogen and oxygen atoms in total. The number of imidazole rings is 1.